The molecule has 0 saturated heterocycles. The topological polar surface area (TPSA) is 26.0 Å². The number of benzene rings is 1. The Labute approximate surface area is 81.3 Å². The zero-order valence-electron chi connectivity index (χ0n) is 6.84. The van der Waals surface area contributed by atoms with Gasteiger partial charge in [-0.25, -0.2) is 8.78 Å². The van der Waals surface area contributed by atoms with Crippen LogP contribution in [0.25, 0.3) is 0 Å². The highest BCUT2D eigenvalue weighted by Gasteiger charge is 2.69. The number of nitrogens with two attached hydrogens (primary N) is 1. The van der Waals surface area contributed by atoms with Gasteiger partial charge < -0.3 is 5.73 Å². The second-order valence-corrected chi connectivity index (χ2v) is 3.22. The van der Waals surface area contributed by atoms with Crippen LogP contribution in [0, 0.1) is 0 Å². The Hall–Kier alpha value is -0.670. The zero-order chi connectivity index (χ0) is 8.82. The molecule has 2 N–H and O–H groups in total. The molecule has 1 aromatic carbocycles. The third-order valence-electron chi connectivity index (χ3n) is 2.32. The third-order valence-corrected chi connectivity index (χ3v) is 2.32. The van der Waals surface area contributed by atoms with Gasteiger partial charge in [0.15, 0.2) is 0 Å². The maximum Gasteiger partial charge on any atom is 0.272 e. The van der Waals surface area contributed by atoms with E-state index in [0.717, 1.165) is 0 Å². The van der Waals surface area contributed by atoms with Crippen molar-refractivity contribution in [1.82, 2.24) is 0 Å². The number of rotatable bonds is 1. The fraction of sp³-hybridized carbons (Fsp3) is 0.333. The summed E-state index contributed by atoms with van der Waals surface area (Å²) < 4.78 is 25.5. The van der Waals surface area contributed by atoms with Crippen molar-refractivity contribution in [3.05, 3.63) is 35.9 Å². The van der Waals surface area contributed by atoms with Gasteiger partial charge in [0.1, 0.15) is 5.54 Å². The summed E-state index contributed by atoms with van der Waals surface area (Å²) in [6.45, 7) is 0. The van der Waals surface area contributed by atoms with E-state index < -0.39 is 11.5 Å². The number of alkyl halides is 2. The fourth-order valence-corrected chi connectivity index (χ4v) is 1.35. The molecule has 1 fully saturated rings. The normalized spacial score (nSPS) is 29.2. The molecule has 1 aliphatic rings. The van der Waals surface area contributed by atoms with E-state index in [1.165, 1.54) is 0 Å². The van der Waals surface area contributed by atoms with Crippen molar-refractivity contribution >= 4 is 12.4 Å². The molecule has 0 aliphatic heterocycles. The van der Waals surface area contributed by atoms with Crippen molar-refractivity contribution < 1.29 is 8.78 Å². The first-order valence-corrected chi connectivity index (χ1v) is 3.78. The average Bonchev–Trinajstić information content (AvgIpc) is 2.55. The molecule has 1 aliphatic carbocycles. The Kier molecular flexibility index (Phi) is 2.34. The first-order chi connectivity index (χ1) is 5.56. The van der Waals surface area contributed by atoms with Gasteiger partial charge >= 0.3 is 0 Å². The zero-order valence-corrected chi connectivity index (χ0v) is 7.65. The van der Waals surface area contributed by atoms with E-state index >= 15 is 0 Å². The highest BCUT2D eigenvalue weighted by Crippen LogP contribution is 2.57. The van der Waals surface area contributed by atoms with Gasteiger partial charge in [0, 0.05) is 6.42 Å². The van der Waals surface area contributed by atoms with Crippen LogP contribution in [0.3, 0.4) is 0 Å². The maximum absolute atomic E-state index is 12.7. The van der Waals surface area contributed by atoms with Gasteiger partial charge in [0.25, 0.3) is 5.92 Å². The van der Waals surface area contributed by atoms with Crippen LogP contribution in [0.15, 0.2) is 30.3 Å². The van der Waals surface area contributed by atoms with Gasteiger partial charge in [-0.3, -0.25) is 0 Å². The second-order valence-electron chi connectivity index (χ2n) is 3.22. The minimum absolute atomic E-state index is 0. The monoisotopic (exact) mass is 205 g/mol. The Bertz CT molecular complexity index is 302. The van der Waals surface area contributed by atoms with Crippen molar-refractivity contribution in [2.45, 2.75) is 17.9 Å². The van der Waals surface area contributed by atoms with Crippen LogP contribution in [-0.4, -0.2) is 5.92 Å². The molecule has 1 saturated carbocycles. The van der Waals surface area contributed by atoms with Gasteiger partial charge in [-0.1, -0.05) is 30.3 Å². The molecule has 0 aromatic heterocycles. The average molecular weight is 206 g/mol. The van der Waals surface area contributed by atoms with Crippen LogP contribution in [-0.2, 0) is 5.54 Å². The quantitative estimate of drug-likeness (QED) is 0.748. The highest BCUT2D eigenvalue weighted by atomic mass is 35.5. The number of hydrogen-bond donors (Lipinski definition) is 1. The molecule has 1 nitrogen and oxygen atoms in total. The number of halogens is 3. The molecule has 0 amide bonds. The minimum atomic E-state index is -2.71. The largest absolute Gasteiger partial charge is 0.316 e. The fourth-order valence-electron chi connectivity index (χ4n) is 1.35. The summed E-state index contributed by atoms with van der Waals surface area (Å²) in [5, 5.41) is 0. The maximum atomic E-state index is 12.7. The summed E-state index contributed by atoms with van der Waals surface area (Å²) >= 11 is 0. The molecule has 1 atom stereocenters. The summed E-state index contributed by atoms with van der Waals surface area (Å²) in [6.07, 6.45) is -0.232. The van der Waals surface area contributed by atoms with Crippen molar-refractivity contribution in [2.24, 2.45) is 5.73 Å². The molecule has 13 heavy (non-hydrogen) atoms. The summed E-state index contributed by atoms with van der Waals surface area (Å²) in [4.78, 5) is 0. The van der Waals surface area contributed by atoms with Crippen molar-refractivity contribution in [1.29, 1.82) is 0 Å². The molecule has 2 rings (SSSR count). The van der Waals surface area contributed by atoms with Gasteiger partial charge in [-0.2, -0.15) is 0 Å². The second kappa shape index (κ2) is 2.93. The smallest absolute Gasteiger partial charge is 0.272 e. The lowest BCUT2D eigenvalue weighted by atomic mass is 10.1. The number of hydrogen-bond acceptors (Lipinski definition) is 1. The molecule has 0 radical (unpaired) electrons. The van der Waals surface area contributed by atoms with E-state index in [1.807, 2.05) is 0 Å². The van der Waals surface area contributed by atoms with E-state index in [1.54, 1.807) is 30.3 Å². The molecule has 1 aromatic rings. The van der Waals surface area contributed by atoms with Crippen molar-refractivity contribution in [3.63, 3.8) is 0 Å². The van der Waals surface area contributed by atoms with Crippen LogP contribution >= 0.6 is 12.4 Å². The summed E-state index contributed by atoms with van der Waals surface area (Å²) in [7, 11) is 0. The summed E-state index contributed by atoms with van der Waals surface area (Å²) in [5.74, 6) is -2.71. The van der Waals surface area contributed by atoms with Crippen LogP contribution < -0.4 is 5.73 Å². The molecular weight excluding hydrogens is 196 g/mol. The molecule has 1 unspecified atom stereocenters. The Morgan fingerprint density at radius 2 is 1.62 bits per heavy atom. The third kappa shape index (κ3) is 1.42. The summed E-state index contributed by atoms with van der Waals surface area (Å²) in [5.41, 5.74) is 4.62. The predicted molar refractivity (Wildman–Crippen MR) is 49.1 cm³/mol. The highest BCUT2D eigenvalue weighted by molar-refractivity contribution is 5.85. The lowest BCUT2D eigenvalue weighted by Gasteiger charge is -2.09. The van der Waals surface area contributed by atoms with Crippen molar-refractivity contribution in [2.75, 3.05) is 0 Å². The van der Waals surface area contributed by atoms with Gasteiger partial charge in [0.2, 0.25) is 0 Å². The van der Waals surface area contributed by atoms with Crippen molar-refractivity contribution in [3.8, 4) is 0 Å². The van der Waals surface area contributed by atoms with Gasteiger partial charge in [0.05, 0.1) is 0 Å². The molecule has 72 valence electrons. The standard InChI is InChI=1S/C9H9F2N.ClH/c10-9(11)6-8(9,12)7-4-2-1-3-5-7;/h1-5H,6,12H2;1H. The lowest BCUT2D eigenvalue weighted by Crippen LogP contribution is -2.26. The molecular formula is C9H10ClF2N. The molecule has 0 spiro atoms. The Balaban J connectivity index is 0.000000845. The van der Waals surface area contributed by atoms with Crippen LogP contribution in [0.1, 0.15) is 12.0 Å². The lowest BCUT2D eigenvalue weighted by molar-refractivity contribution is 0.0891. The molecule has 0 heterocycles. The van der Waals surface area contributed by atoms with Crippen LogP contribution in [0.5, 0.6) is 0 Å². The molecule has 0 bridgehead atoms. The van der Waals surface area contributed by atoms with E-state index in [9.17, 15) is 8.78 Å². The Morgan fingerprint density at radius 3 is 2.00 bits per heavy atom. The van der Waals surface area contributed by atoms with Gasteiger partial charge in [-0.15, -0.1) is 12.4 Å². The van der Waals surface area contributed by atoms with Crippen LogP contribution in [0.2, 0.25) is 0 Å². The first kappa shape index (κ1) is 10.4. The minimum Gasteiger partial charge on any atom is -0.316 e. The van der Waals surface area contributed by atoms with E-state index in [2.05, 4.69) is 0 Å². The first-order valence-electron chi connectivity index (χ1n) is 3.78. The van der Waals surface area contributed by atoms with E-state index in [0.29, 0.717) is 5.56 Å². The van der Waals surface area contributed by atoms with E-state index in [4.69, 9.17) is 5.73 Å². The van der Waals surface area contributed by atoms with Crippen LogP contribution in [0.4, 0.5) is 8.78 Å². The summed E-state index contributed by atoms with van der Waals surface area (Å²) in [6, 6.07) is 8.51. The molecule has 4 heteroatoms. The predicted octanol–water partition coefficient (Wildman–Crippen LogP) is 2.30. The Morgan fingerprint density at radius 1 is 1.15 bits per heavy atom. The SMILES string of the molecule is Cl.NC1(c2ccccc2)CC1(F)F. The van der Waals surface area contributed by atoms with E-state index in [-0.39, 0.29) is 18.8 Å². The van der Waals surface area contributed by atoms with Gasteiger partial charge in [-0.05, 0) is 5.56 Å².